The summed E-state index contributed by atoms with van der Waals surface area (Å²) in [6, 6.07) is 20.1. The molecule has 2 heterocycles. The van der Waals surface area contributed by atoms with E-state index in [1.165, 1.54) is 12.0 Å². The average Bonchev–Trinajstić information content (AvgIpc) is 3.41. The molecular weight excluding hydrogens is 514 g/mol. The molecule has 222 valence electrons. The summed E-state index contributed by atoms with van der Waals surface area (Å²) in [6.07, 6.45) is 7.51. The first-order chi connectivity index (χ1) is 20.0. The molecule has 41 heavy (non-hydrogen) atoms. The van der Waals surface area contributed by atoms with Crippen LogP contribution in [0.25, 0.3) is 0 Å². The van der Waals surface area contributed by atoms with Crippen molar-refractivity contribution in [1.29, 1.82) is 0 Å². The molecule has 1 saturated carbocycles. The Morgan fingerprint density at radius 3 is 2.22 bits per heavy atom. The quantitative estimate of drug-likeness (QED) is 0.410. The molecule has 1 amide bonds. The van der Waals surface area contributed by atoms with Crippen LogP contribution < -0.4 is 4.74 Å². The summed E-state index contributed by atoms with van der Waals surface area (Å²) in [5.74, 6) is 1.11. The summed E-state index contributed by atoms with van der Waals surface area (Å²) < 4.78 is 5.75. The lowest BCUT2D eigenvalue weighted by atomic mass is 9.83. The predicted octanol–water partition coefficient (Wildman–Crippen LogP) is 5.13. The molecule has 2 aromatic rings. The number of hydrogen-bond donors (Lipinski definition) is 1. The summed E-state index contributed by atoms with van der Waals surface area (Å²) in [5.41, 5.74) is 1.32. The van der Waals surface area contributed by atoms with Crippen molar-refractivity contribution in [2.24, 2.45) is 11.8 Å². The molecule has 3 atom stereocenters. The summed E-state index contributed by atoms with van der Waals surface area (Å²) in [6.45, 7) is 7.34. The van der Waals surface area contributed by atoms with E-state index >= 15 is 0 Å². The molecule has 2 saturated heterocycles. The van der Waals surface area contributed by atoms with E-state index in [0.29, 0.717) is 18.4 Å². The molecule has 0 spiro atoms. The second-order valence-electron chi connectivity index (χ2n) is 12.2. The van der Waals surface area contributed by atoms with Gasteiger partial charge in [-0.1, -0.05) is 67.8 Å². The highest BCUT2D eigenvalue weighted by Gasteiger charge is 2.43. The molecule has 5 rings (SSSR count). The first-order valence-electron chi connectivity index (χ1n) is 15.7. The molecule has 1 N–H and O–H groups in total. The molecule has 0 bridgehead atoms. The number of benzene rings is 2. The Morgan fingerprint density at radius 2 is 1.59 bits per heavy atom. The van der Waals surface area contributed by atoms with E-state index in [1.807, 2.05) is 35.2 Å². The van der Waals surface area contributed by atoms with Gasteiger partial charge in [0.05, 0.1) is 0 Å². The smallest absolute Gasteiger partial charge is 0.321 e. The summed E-state index contributed by atoms with van der Waals surface area (Å²) >= 11 is 0. The van der Waals surface area contributed by atoms with Crippen LogP contribution in [0.3, 0.4) is 0 Å². The van der Waals surface area contributed by atoms with Gasteiger partial charge in [-0.05, 0) is 62.1 Å². The minimum Gasteiger partial charge on any atom is -0.484 e. The molecule has 0 radical (unpaired) electrons. The van der Waals surface area contributed by atoms with Crippen LogP contribution >= 0.6 is 0 Å². The van der Waals surface area contributed by atoms with Crippen molar-refractivity contribution in [2.75, 3.05) is 45.9 Å². The summed E-state index contributed by atoms with van der Waals surface area (Å²) in [4.78, 5) is 32.4. The van der Waals surface area contributed by atoms with Crippen LogP contribution in [0.1, 0.15) is 63.4 Å². The van der Waals surface area contributed by atoms with Gasteiger partial charge in [0.2, 0.25) is 0 Å². The molecule has 3 aliphatic rings. The van der Waals surface area contributed by atoms with Gasteiger partial charge in [-0.25, -0.2) is 0 Å². The zero-order chi connectivity index (χ0) is 28.6. The molecule has 0 unspecified atom stereocenters. The number of aliphatic carboxylic acids is 1. The number of likely N-dealkylation sites (N-methyl/N-ethyl adjacent to an activating group) is 1. The normalized spacial score (nSPS) is 23.7. The van der Waals surface area contributed by atoms with Gasteiger partial charge in [0.15, 0.2) is 6.61 Å². The number of rotatable bonds is 11. The number of ether oxygens (including phenoxy) is 1. The molecule has 3 fully saturated rings. The third kappa shape index (κ3) is 7.49. The number of carbonyl (C=O) groups is 2. The van der Waals surface area contributed by atoms with E-state index in [0.717, 1.165) is 77.0 Å². The first-order valence-corrected chi connectivity index (χ1v) is 15.7. The third-order valence-electron chi connectivity index (χ3n) is 9.70. The van der Waals surface area contributed by atoms with Crippen LogP contribution in [-0.2, 0) is 9.59 Å². The number of nitrogens with zero attached hydrogens (tertiary/aromatic N) is 3. The number of carboxylic acid groups (broad SMARTS) is 1. The van der Waals surface area contributed by atoms with Gasteiger partial charge in [-0.2, -0.15) is 0 Å². The minimum atomic E-state index is -0.647. The van der Waals surface area contributed by atoms with Crippen LogP contribution in [0.2, 0.25) is 0 Å². The van der Waals surface area contributed by atoms with Crippen LogP contribution in [0.4, 0.5) is 0 Å². The van der Waals surface area contributed by atoms with E-state index in [-0.39, 0.29) is 30.5 Å². The number of carbonyl (C=O) groups excluding carboxylic acids is 1. The maximum atomic E-state index is 13.0. The highest BCUT2D eigenvalue weighted by atomic mass is 16.5. The van der Waals surface area contributed by atoms with Gasteiger partial charge in [-0.3, -0.25) is 14.5 Å². The maximum Gasteiger partial charge on any atom is 0.321 e. The molecule has 7 heteroatoms. The molecule has 2 aliphatic heterocycles. The molecule has 1 aliphatic carbocycles. The van der Waals surface area contributed by atoms with Gasteiger partial charge in [0, 0.05) is 51.2 Å². The fourth-order valence-electron chi connectivity index (χ4n) is 7.63. The molecule has 7 nitrogen and oxygen atoms in total. The monoisotopic (exact) mass is 561 g/mol. The predicted molar refractivity (Wildman–Crippen MR) is 161 cm³/mol. The lowest BCUT2D eigenvalue weighted by molar-refractivity contribution is -0.145. The van der Waals surface area contributed by atoms with Gasteiger partial charge in [0.25, 0.3) is 5.91 Å². The SMILES string of the molecule is CCN(C(=O)COc1ccccc1)C1CCN(C[C@H]2CN([C@@H](C(=O)O)C3CCCCC3)C[C@@H]2c2ccccc2)CC1. The Balaban J connectivity index is 1.20. The topological polar surface area (TPSA) is 73.3 Å². The molecule has 0 aromatic heterocycles. The van der Waals surface area contributed by atoms with Gasteiger partial charge >= 0.3 is 5.97 Å². The van der Waals surface area contributed by atoms with Crippen molar-refractivity contribution in [1.82, 2.24) is 14.7 Å². The lowest BCUT2D eigenvalue weighted by Crippen LogP contribution is -2.49. The Hall–Kier alpha value is -2.90. The third-order valence-corrected chi connectivity index (χ3v) is 9.70. The van der Waals surface area contributed by atoms with Crippen molar-refractivity contribution in [2.45, 2.75) is 69.9 Å². The maximum absolute atomic E-state index is 13.0. The molecular formula is C34H47N3O4. The van der Waals surface area contributed by atoms with Crippen LogP contribution in [0, 0.1) is 11.8 Å². The number of amides is 1. The van der Waals surface area contributed by atoms with E-state index in [4.69, 9.17) is 4.74 Å². The number of para-hydroxylation sites is 1. The van der Waals surface area contributed by atoms with Gasteiger partial charge in [0.1, 0.15) is 11.8 Å². The van der Waals surface area contributed by atoms with E-state index < -0.39 is 5.97 Å². The first kappa shape index (κ1) is 29.6. The van der Waals surface area contributed by atoms with Crippen LogP contribution in [-0.4, -0.2) is 89.6 Å². The lowest BCUT2D eigenvalue weighted by Gasteiger charge is -2.39. The van der Waals surface area contributed by atoms with Gasteiger partial charge in [-0.15, -0.1) is 0 Å². The van der Waals surface area contributed by atoms with Gasteiger partial charge < -0.3 is 19.6 Å². The van der Waals surface area contributed by atoms with Crippen molar-refractivity contribution >= 4 is 11.9 Å². The zero-order valence-corrected chi connectivity index (χ0v) is 24.6. The van der Waals surface area contributed by atoms with Crippen LogP contribution in [0.5, 0.6) is 5.75 Å². The highest BCUT2D eigenvalue weighted by molar-refractivity contribution is 5.78. The fraction of sp³-hybridized carbons (Fsp3) is 0.588. The second-order valence-corrected chi connectivity index (χ2v) is 12.2. The Kier molecular flexibility index (Phi) is 10.3. The Morgan fingerprint density at radius 1 is 0.927 bits per heavy atom. The van der Waals surface area contributed by atoms with E-state index in [1.54, 1.807) is 0 Å². The molecule has 2 aromatic carbocycles. The fourth-order valence-corrected chi connectivity index (χ4v) is 7.63. The van der Waals surface area contributed by atoms with Crippen molar-refractivity contribution in [3.63, 3.8) is 0 Å². The zero-order valence-electron chi connectivity index (χ0n) is 24.6. The Bertz CT molecular complexity index is 1100. The Labute approximate surface area is 245 Å². The van der Waals surface area contributed by atoms with Crippen molar-refractivity contribution < 1.29 is 19.4 Å². The standard InChI is InChI=1S/C34H47N3O4/c1-2-37(32(38)25-41-30-16-10-5-11-17-30)29-18-20-35(21-19-29)22-28-23-36(24-31(28)26-12-6-3-7-13-26)33(34(39)40)27-14-8-4-9-15-27/h3,5-7,10-13,16-17,27-29,31,33H,2,4,8-9,14-15,18-25H2,1H3,(H,39,40)/t28-,31+,33+/m0/s1. The number of piperidine rings is 1. The second kappa shape index (κ2) is 14.3. The largest absolute Gasteiger partial charge is 0.484 e. The highest BCUT2D eigenvalue weighted by Crippen LogP contribution is 2.38. The van der Waals surface area contributed by atoms with Crippen molar-refractivity contribution in [3.05, 3.63) is 66.2 Å². The summed E-state index contributed by atoms with van der Waals surface area (Å²) in [5, 5.41) is 10.3. The van der Waals surface area contributed by atoms with E-state index in [9.17, 15) is 14.7 Å². The van der Waals surface area contributed by atoms with Crippen molar-refractivity contribution in [3.8, 4) is 5.75 Å². The van der Waals surface area contributed by atoms with Crippen LogP contribution in [0.15, 0.2) is 60.7 Å². The number of hydrogen-bond acceptors (Lipinski definition) is 5. The summed E-state index contributed by atoms with van der Waals surface area (Å²) in [7, 11) is 0. The minimum absolute atomic E-state index is 0.0489. The average molecular weight is 562 g/mol. The number of carboxylic acids is 1. The number of likely N-dealkylation sites (tertiary alicyclic amines) is 2. The van der Waals surface area contributed by atoms with E-state index in [2.05, 4.69) is 47.1 Å².